The Labute approximate surface area is 117 Å². The van der Waals surface area contributed by atoms with Crippen LogP contribution in [0.1, 0.15) is 45.0 Å². The average Bonchev–Trinajstić information content (AvgIpc) is 2.62. The van der Waals surface area contributed by atoms with E-state index in [1.807, 2.05) is 0 Å². The molecule has 0 saturated heterocycles. The molecule has 2 N–H and O–H groups in total. The number of halogens is 1. The minimum atomic E-state index is 0.158. The molecule has 1 aromatic rings. The first-order valence-electron chi connectivity index (χ1n) is 5.96. The largest absolute Gasteiger partial charge is 0.396 e. The minimum absolute atomic E-state index is 0.158. The number of rotatable bonds is 5. The van der Waals surface area contributed by atoms with Crippen LogP contribution >= 0.6 is 27.3 Å². The summed E-state index contributed by atoms with van der Waals surface area (Å²) in [7, 11) is 0. The SMILES string of the molecule is CC(NC(CCO)C(C)(C)C)c1ccc(Br)s1. The van der Waals surface area contributed by atoms with Crippen molar-refractivity contribution in [2.45, 2.75) is 46.2 Å². The van der Waals surface area contributed by atoms with Crippen molar-refractivity contribution < 1.29 is 5.11 Å². The molecular weight excluding hydrogens is 298 g/mol. The van der Waals surface area contributed by atoms with E-state index in [0.29, 0.717) is 12.1 Å². The molecule has 17 heavy (non-hydrogen) atoms. The molecule has 0 spiro atoms. The summed E-state index contributed by atoms with van der Waals surface area (Å²) in [5, 5.41) is 12.8. The van der Waals surface area contributed by atoms with Crippen LogP contribution < -0.4 is 5.32 Å². The molecule has 0 bridgehead atoms. The van der Waals surface area contributed by atoms with E-state index in [4.69, 9.17) is 5.11 Å². The third-order valence-electron chi connectivity index (χ3n) is 2.94. The normalized spacial score (nSPS) is 15.9. The molecule has 1 aromatic heterocycles. The maximum Gasteiger partial charge on any atom is 0.0701 e. The van der Waals surface area contributed by atoms with Gasteiger partial charge in [-0.3, -0.25) is 0 Å². The van der Waals surface area contributed by atoms with Gasteiger partial charge in [-0.2, -0.15) is 0 Å². The van der Waals surface area contributed by atoms with Crippen LogP contribution in [0.25, 0.3) is 0 Å². The molecule has 0 aliphatic carbocycles. The summed E-state index contributed by atoms with van der Waals surface area (Å²) in [5.41, 5.74) is 0.158. The quantitative estimate of drug-likeness (QED) is 0.861. The fourth-order valence-electron chi connectivity index (χ4n) is 1.84. The predicted molar refractivity (Wildman–Crippen MR) is 78.5 cm³/mol. The molecule has 0 aliphatic heterocycles. The van der Waals surface area contributed by atoms with Gasteiger partial charge in [0.25, 0.3) is 0 Å². The van der Waals surface area contributed by atoms with E-state index in [1.165, 1.54) is 4.88 Å². The van der Waals surface area contributed by atoms with Gasteiger partial charge < -0.3 is 10.4 Å². The van der Waals surface area contributed by atoms with Crippen LogP contribution in [0.2, 0.25) is 0 Å². The molecule has 0 saturated carbocycles. The van der Waals surface area contributed by atoms with Crippen LogP contribution in [0, 0.1) is 5.41 Å². The second-order valence-corrected chi connectivity index (χ2v) is 7.96. The Morgan fingerprint density at radius 2 is 2.06 bits per heavy atom. The second kappa shape index (κ2) is 6.32. The van der Waals surface area contributed by atoms with Crippen molar-refractivity contribution in [1.82, 2.24) is 5.32 Å². The first-order valence-corrected chi connectivity index (χ1v) is 7.57. The van der Waals surface area contributed by atoms with E-state index >= 15 is 0 Å². The molecule has 0 radical (unpaired) electrons. The highest BCUT2D eigenvalue weighted by Gasteiger charge is 2.25. The fraction of sp³-hybridized carbons (Fsp3) is 0.692. The van der Waals surface area contributed by atoms with Gasteiger partial charge in [-0.25, -0.2) is 0 Å². The van der Waals surface area contributed by atoms with E-state index in [9.17, 15) is 0 Å². The topological polar surface area (TPSA) is 32.3 Å². The summed E-state index contributed by atoms with van der Waals surface area (Å²) in [4.78, 5) is 1.32. The zero-order valence-corrected chi connectivity index (χ0v) is 13.4. The van der Waals surface area contributed by atoms with Crippen LogP contribution in [0.4, 0.5) is 0 Å². The van der Waals surface area contributed by atoms with Gasteiger partial charge in [0.1, 0.15) is 0 Å². The Hall–Kier alpha value is 0.1000. The highest BCUT2D eigenvalue weighted by molar-refractivity contribution is 9.11. The summed E-state index contributed by atoms with van der Waals surface area (Å²) >= 11 is 5.25. The Kier molecular flexibility index (Phi) is 5.64. The molecule has 2 atom stereocenters. The molecule has 4 heteroatoms. The first kappa shape index (κ1) is 15.2. The molecule has 2 nitrogen and oxygen atoms in total. The molecule has 2 unspecified atom stereocenters. The lowest BCUT2D eigenvalue weighted by atomic mass is 9.84. The Bertz CT molecular complexity index is 345. The molecule has 98 valence electrons. The second-order valence-electron chi connectivity index (χ2n) is 5.46. The summed E-state index contributed by atoms with van der Waals surface area (Å²) in [6, 6.07) is 4.87. The van der Waals surface area contributed by atoms with E-state index in [1.54, 1.807) is 11.3 Å². The van der Waals surface area contributed by atoms with Crippen molar-refractivity contribution in [1.29, 1.82) is 0 Å². The van der Waals surface area contributed by atoms with Gasteiger partial charge >= 0.3 is 0 Å². The van der Waals surface area contributed by atoms with Crippen molar-refractivity contribution in [2.75, 3.05) is 6.61 Å². The smallest absolute Gasteiger partial charge is 0.0701 e. The van der Waals surface area contributed by atoms with E-state index in [-0.39, 0.29) is 12.0 Å². The zero-order valence-electron chi connectivity index (χ0n) is 11.0. The molecule has 0 amide bonds. The van der Waals surface area contributed by atoms with Crippen molar-refractivity contribution in [3.8, 4) is 0 Å². The number of hydrogen-bond donors (Lipinski definition) is 2. The molecule has 0 aliphatic rings. The number of aliphatic hydroxyl groups is 1. The van der Waals surface area contributed by atoms with Gasteiger partial charge in [0, 0.05) is 23.6 Å². The fourth-order valence-corrected chi connectivity index (χ4v) is 3.28. The maximum atomic E-state index is 9.14. The van der Waals surface area contributed by atoms with Gasteiger partial charge in [0.15, 0.2) is 0 Å². The summed E-state index contributed by atoms with van der Waals surface area (Å²) in [5.74, 6) is 0. The standard InChI is InChI=1S/C13H22BrNOS/c1-9(10-5-6-12(14)17-10)15-11(7-8-16)13(2,3)4/h5-6,9,11,15-16H,7-8H2,1-4H3. The van der Waals surface area contributed by atoms with Crippen molar-refractivity contribution >= 4 is 27.3 Å². The van der Waals surface area contributed by atoms with E-state index < -0.39 is 0 Å². The van der Waals surface area contributed by atoms with Gasteiger partial charge in [0.05, 0.1) is 3.79 Å². The molecule has 0 aromatic carbocycles. The summed E-state index contributed by atoms with van der Waals surface area (Å²) < 4.78 is 1.16. The van der Waals surface area contributed by atoms with Crippen LogP contribution in [0.15, 0.2) is 15.9 Å². The minimum Gasteiger partial charge on any atom is -0.396 e. The van der Waals surface area contributed by atoms with E-state index in [2.05, 4.69) is 61.1 Å². The number of nitrogens with one attached hydrogen (secondary N) is 1. The third-order valence-corrected chi connectivity index (χ3v) is 4.74. The lowest BCUT2D eigenvalue weighted by Gasteiger charge is -2.33. The van der Waals surface area contributed by atoms with E-state index in [0.717, 1.165) is 10.2 Å². The van der Waals surface area contributed by atoms with Crippen LogP contribution in [-0.2, 0) is 0 Å². The van der Waals surface area contributed by atoms with Crippen LogP contribution in [-0.4, -0.2) is 17.8 Å². The Morgan fingerprint density at radius 1 is 1.41 bits per heavy atom. The number of thiophene rings is 1. The molecular formula is C13H22BrNOS. The number of hydrogen-bond acceptors (Lipinski definition) is 3. The zero-order chi connectivity index (χ0) is 13.1. The lowest BCUT2D eigenvalue weighted by molar-refractivity contribution is 0.188. The number of aliphatic hydroxyl groups excluding tert-OH is 1. The van der Waals surface area contributed by atoms with Crippen LogP contribution in [0.3, 0.4) is 0 Å². The van der Waals surface area contributed by atoms with Crippen molar-refractivity contribution in [2.24, 2.45) is 5.41 Å². The van der Waals surface area contributed by atoms with Crippen molar-refractivity contribution in [3.63, 3.8) is 0 Å². The first-order chi connectivity index (χ1) is 7.84. The predicted octanol–water partition coefficient (Wildman–Crippen LogP) is 3.96. The maximum absolute atomic E-state index is 9.14. The Morgan fingerprint density at radius 3 is 2.47 bits per heavy atom. The lowest BCUT2D eigenvalue weighted by Crippen LogP contribution is -2.42. The summed E-state index contributed by atoms with van der Waals surface area (Å²) in [6.45, 7) is 9.02. The highest BCUT2D eigenvalue weighted by Crippen LogP contribution is 2.30. The van der Waals surface area contributed by atoms with Gasteiger partial charge in [0.2, 0.25) is 0 Å². The monoisotopic (exact) mass is 319 g/mol. The third kappa shape index (κ3) is 4.70. The molecule has 0 fully saturated rings. The van der Waals surface area contributed by atoms with Gasteiger partial charge in [-0.05, 0) is 46.8 Å². The molecule has 1 rings (SSSR count). The summed E-state index contributed by atoms with van der Waals surface area (Å²) in [6.07, 6.45) is 0.792. The highest BCUT2D eigenvalue weighted by atomic mass is 79.9. The average molecular weight is 320 g/mol. The van der Waals surface area contributed by atoms with Gasteiger partial charge in [-0.1, -0.05) is 20.8 Å². The Balaban J connectivity index is 2.67. The van der Waals surface area contributed by atoms with Crippen LogP contribution in [0.5, 0.6) is 0 Å². The molecule has 1 heterocycles. The van der Waals surface area contributed by atoms with Crippen molar-refractivity contribution in [3.05, 3.63) is 20.8 Å². The van der Waals surface area contributed by atoms with Gasteiger partial charge in [-0.15, -0.1) is 11.3 Å².